The zero-order valence-electron chi connectivity index (χ0n) is 11.7. The van der Waals surface area contributed by atoms with E-state index in [9.17, 15) is 4.79 Å². The molecule has 1 aliphatic rings. The summed E-state index contributed by atoms with van der Waals surface area (Å²) in [7, 11) is 0. The van der Waals surface area contributed by atoms with Gasteiger partial charge in [-0.3, -0.25) is 4.90 Å². The molecular weight excluding hydrogens is 262 g/mol. The number of hydrogen-bond acceptors (Lipinski definition) is 2. The largest absolute Gasteiger partial charge is 0.447 e. The Morgan fingerprint density at radius 2 is 1.71 bits per heavy atom. The number of hydrogen-bond donors (Lipinski definition) is 0. The molecule has 21 heavy (non-hydrogen) atoms. The van der Waals surface area contributed by atoms with Crippen molar-refractivity contribution in [1.82, 2.24) is 4.90 Å². The quantitative estimate of drug-likeness (QED) is 0.853. The molecule has 1 amide bonds. The highest BCUT2D eigenvalue weighted by Crippen LogP contribution is 2.27. The molecule has 0 N–H and O–H groups in total. The third-order valence-electron chi connectivity index (χ3n) is 3.72. The summed E-state index contributed by atoms with van der Waals surface area (Å²) < 4.78 is 5.22. The zero-order chi connectivity index (χ0) is 14.7. The molecule has 3 heteroatoms. The molecule has 1 saturated heterocycles. The van der Waals surface area contributed by atoms with E-state index in [0.29, 0.717) is 13.2 Å². The van der Waals surface area contributed by atoms with Crippen LogP contribution < -0.4 is 0 Å². The maximum atomic E-state index is 12.0. The van der Waals surface area contributed by atoms with E-state index in [1.54, 1.807) is 4.90 Å². The molecule has 1 unspecified atom stereocenters. The molecule has 1 aliphatic heterocycles. The van der Waals surface area contributed by atoms with Crippen LogP contribution in [0.25, 0.3) is 5.57 Å². The van der Waals surface area contributed by atoms with Crippen molar-refractivity contribution in [2.75, 3.05) is 6.61 Å². The fourth-order valence-corrected chi connectivity index (χ4v) is 2.54. The van der Waals surface area contributed by atoms with E-state index in [4.69, 9.17) is 4.74 Å². The lowest BCUT2D eigenvalue weighted by Gasteiger charge is -2.23. The van der Waals surface area contributed by atoms with Gasteiger partial charge in [-0.15, -0.1) is 0 Å². The lowest BCUT2D eigenvalue weighted by molar-refractivity contribution is 0.157. The molecule has 0 radical (unpaired) electrons. The molecule has 0 spiro atoms. The molecule has 2 aromatic carbocycles. The van der Waals surface area contributed by atoms with Gasteiger partial charge in [0.2, 0.25) is 0 Å². The van der Waals surface area contributed by atoms with Gasteiger partial charge in [0, 0.05) is 6.54 Å². The van der Waals surface area contributed by atoms with E-state index in [-0.39, 0.29) is 12.1 Å². The third-order valence-corrected chi connectivity index (χ3v) is 3.72. The summed E-state index contributed by atoms with van der Waals surface area (Å²) in [5.41, 5.74) is 3.04. The van der Waals surface area contributed by atoms with Crippen LogP contribution in [0.2, 0.25) is 0 Å². The SMILES string of the molecule is C=C(c1ccccc1)C1COC(=O)N1Cc1ccccc1. The minimum Gasteiger partial charge on any atom is -0.447 e. The topological polar surface area (TPSA) is 29.5 Å². The molecule has 0 aromatic heterocycles. The van der Waals surface area contributed by atoms with Crippen molar-refractivity contribution in [2.45, 2.75) is 12.6 Å². The maximum absolute atomic E-state index is 12.0. The van der Waals surface area contributed by atoms with Crippen LogP contribution in [-0.2, 0) is 11.3 Å². The second-order valence-electron chi connectivity index (χ2n) is 5.10. The van der Waals surface area contributed by atoms with Gasteiger partial charge in [0.1, 0.15) is 6.61 Å². The summed E-state index contributed by atoms with van der Waals surface area (Å²) in [5.74, 6) is 0. The summed E-state index contributed by atoms with van der Waals surface area (Å²) in [6, 6.07) is 19.7. The lowest BCUT2D eigenvalue weighted by atomic mass is 10.00. The van der Waals surface area contributed by atoms with Crippen LogP contribution in [0.1, 0.15) is 11.1 Å². The number of carbonyl (C=O) groups is 1. The number of amides is 1. The average molecular weight is 279 g/mol. The second-order valence-corrected chi connectivity index (χ2v) is 5.10. The molecule has 3 rings (SSSR count). The molecule has 106 valence electrons. The molecule has 1 fully saturated rings. The first-order valence-corrected chi connectivity index (χ1v) is 6.97. The molecule has 0 bridgehead atoms. The van der Waals surface area contributed by atoms with Crippen LogP contribution in [0.15, 0.2) is 67.2 Å². The van der Waals surface area contributed by atoms with Crippen LogP contribution in [0, 0.1) is 0 Å². The van der Waals surface area contributed by atoms with Crippen molar-refractivity contribution in [3.8, 4) is 0 Å². The van der Waals surface area contributed by atoms with Gasteiger partial charge in [0.05, 0.1) is 6.04 Å². The number of cyclic esters (lactones) is 1. The molecule has 1 atom stereocenters. The fraction of sp³-hybridized carbons (Fsp3) is 0.167. The van der Waals surface area contributed by atoms with Gasteiger partial charge >= 0.3 is 6.09 Å². The van der Waals surface area contributed by atoms with E-state index in [1.807, 2.05) is 60.7 Å². The minimum absolute atomic E-state index is 0.111. The molecule has 0 aliphatic carbocycles. The lowest BCUT2D eigenvalue weighted by Crippen LogP contribution is -2.33. The second kappa shape index (κ2) is 5.83. The van der Waals surface area contributed by atoms with Crippen molar-refractivity contribution < 1.29 is 9.53 Å². The van der Waals surface area contributed by atoms with Gasteiger partial charge in [-0.1, -0.05) is 67.2 Å². The predicted octanol–water partition coefficient (Wildman–Crippen LogP) is 3.72. The van der Waals surface area contributed by atoms with E-state index < -0.39 is 0 Å². The van der Waals surface area contributed by atoms with Crippen molar-refractivity contribution in [3.63, 3.8) is 0 Å². The van der Waals surface area contributed by atoms with Gasteiger partial charge in [0.25, 0.3) is 0 Å². The Kier molecular flexibility index (Phi) is 3.73. The summed E-state index contributed by atoms with van der Waals surface area (Å²) in [6.07, 6.45) is -0.277. The van der Waals surface area contributed by atoms with Crippen molar-refractivity contribution in [2.24, 2.45) is 0 Å². The highest BCUT2D eigenvalue weighted by atomic mass is 16.6. The first kappa shape index (κ1) is 13.4. The first-order chi connectivity index (χ1) is 10.3. The Labute approximate surface area is 124 Å². The fourth-order valence-electron chi connectivity index (χ4n) is 2.54. The van der Waals surface area contributed by atoms with E-state index in [2.05, 4.69) is 6.58 Å². The third kappa shape index (κ3) is 2.82. The van der Waals surface area contributed by atoms with Crippen LogP contribution in [0.5, 0.6) is 0 Å². The normalized spacial score (nSPS) is 17.6. The van der Waals surface area contributed by atoms with Crippen LogP contribution in [-0.4, -0.2) is 23.6 Å². The van der Waals surface area contributed by atoms with E-state index >= 15 is 0 Å². The Morgan fingerprint density at radius 1 is 1.10 bits per heavy atom. The monoisotopic (exact) mass is 279 g/mol. The summed E-state index contributed by atoms with van der Waals surface area (Å²) in [5, 5.41) is 0. The number of rotatable bonds is 4. The summed E-state index contributed by atoms with van der Waals surface area (Å²) in [4.78, 5) is 13.7. The first-order valence-electron chi connectivity index (χ1n) is 6.97. The molecule has 1 heterocycles. The van der Waals surface area contributed by atoms with Crippen molar-refractivity contribution in [1.29, 1.82) is 0 Å². The Hall–Kier alpha value is -2.55. The maximum Gasteiger partial charge on any atom is 0.410 e. The molecule has 2 aromatic rings. The van der Waals surface area contributed by atoms with Crippen molar-refractivity contribution in [3.05, 3.63) is 78.4 Å². The summed E-state index contributed by atoms with van der Waals surface area (Å²) in [6.45, 7) is 5.06. The smallest absolute Gasteiger partial charge is 0.410 e. The molecular formula is C18H17NO2. The Morgan fingerprint density at radius 3 is 2.38 bits per heavy atom. The van der Waals surface area contributed by atoms with Gasteiger partial charge in [-0.2, -0.15) is 0 Å². The van der Waals surface area contributed by atoms with Crippen LogP contribution >= 0.6 is 0 Å². The average Bonchev–Trinajstić information content (AvgIpc) is 2.90. The Balaban J connectivity index is 1.81. The minimum atomic E-state index is -0.277. The van der Waals surface area contributed by atoms with E-state index in [0.717, 1.165) is 16.7 Å². The summed E-state index contributed by atoms with van der Waals surface area (Å²) >= 11 is 0. The van der Waals surface area contributed by atoms with Gasteiger partial charge < -0.3 is 4.74 Å². The van der Waals surface area contributed by atoms with Gasteiger partial charge in [0.15, 0.2) is 0 Å². The van der Waals surface area contributed by atoms with Gasteiger partial charge in [-0.05, 0) is 16.7 Å². The number of nitrogens with zero attached hydrogens (tertiary/aromatic N) is 1. The number of ether oxygens (including phenoxy) is 1. The van der Waals surface area contributed by atoms with Crippen LogP contribution in [0.3, 0.4) is 0 Å². The standard InChI is InChI=1S/C18H17NO2/c1-14(16-10-6-3-7-11-16)17-13-21-18(20)19(17)12-15-8-4-2-5-9-15/h2-11,17H,1,12-13H2. The number of carbonyl (C=O) groups excluding carboxylic acids is 1. The highest BCUT2D eigenvalue weighted by molar-refractivity contribution is 5.78. The molecule has 0 saturated carbocycles. The zero-order valence-corrected chi connectivity index (χ0v) is 11.7. The Bertz CT molecular complexity index is 637. The number of benzene rings is 2. The molecule has 3 nitrogen and oxygen atoms in total. The van der Waals surface area contributed by atoms with Crippen LogP contribution in [0.4, 0.5) is 4.79 Å². The van der Waals surface area contributed by atoms with Gasteiger partial charge in [-0.25, -0.2) is 4.79 Å². The predicted molar refractivity (Wildman–Crippen MR) is 82.6 cm³/mol. The highest BCUT2D eigenvalue weighted by Gasteiger charge is 2.34. The van der Waals surface area contributed by atoms with Crippen molar-refractivity contribution >= 4 is 11.7 Å². The van der Waals surface area contributed by atoms with E-state index in [1.165, 1.54) is 0 Å².